The fraction of sp³-hybridized carbons (Fsp3) is 1.00. The van der Waals surface area contributed by atoms with Gasteiger partial charge < -0.3 is 10.2 Å². The Hall–Kier alpha value is -0.170. The standard InChI is InChI=1S/C12H27N3O2S/c1-12(2)4-11-18(16,17)14-5-3-8-15-9-6-13-7-10-15/h12-14H,3-11H2,1-2H3. The van der Waals surface area contributed by atoms with Crippen molar-refractivity contribution < 1.29 is 8.42 Å². The third-order valence-electron chi connectivity index (χ3n) is 3.15. The summed E-state index contributed by atoms with van der Waals surface area (Å²) in [5.74, 6) is 0.681. The molecule has 0 bridgehead atoms. The fourth-order valence-corrected chi connectivity index (χ4v) is 3.31. The van der Waals surface area contributed by atoms with Crippen molar-refractivity contribution in [2.24, 2.45) is 5.92 Å². The second kappa shape index (κ2) is 8.09. The summed E-state index contributed by atoms with van der Waals surface area (Å²) in [6, 6.07) is 0. The van der Waals surface area contributed by atoms with E-state index in [9.17, 15) is 8.42 Å². The Morgan fingerprint density at radius 1 is 1.28 bits per heavy atom. The van der Waals surface area contributed by atoms with Gasteiger partial charge in [0, 0.05) is 32.7 Å². The lowest BCUT2D eigenvalue weighted by Crippen LogP contribution is -2.44. The van der Waals surface area contributed by atoms with Crippen molar-refractivity contribution in [1.29, 1.82) is 0 Å². The van der Waals surface area contributed by atoms with Crippen LogP contribution in [-0.4, -0.2) is 58.3 Å². The van der Waals surface area contributed by atoms with Gasteiger partial charge in [-0.25, -0.2) is 13.1 Å². The zero-order valence-corrected chi connectivity index (χ0v) is 12.4. The minimum atomic E-state index is -3.06. The van der Waals surface area contributed by atoms with Crippen molar-refractivity contribution in [3.63, 3.8) is 0 Å². The molecule has 6 heteroatoms. The topological polar surface area (TPSA) is 61.4 Å². The van der Waals surface area contributed by atoms with E-state index in [1.165, 1.54) is 0 Å². The van der Waals surface area contributed by atoms with E-state index in [2.05, 4.69) is 14.9 Å². The van der Waals surface area contributed by atoms with Crippen LogP contribution in [0.15, 0.2) is 0 Å². The quantitative estimate of drug-likeness (QED) is 0.624. The summed E-state index contributed by atoms with van der Waals surface area (Å²) in [7, 11) is -3.06. The Morgan fingerprint density at radius 3 is 2.56 bits per heavy atom. The zero-order chi connectivity index (χ0) is 13.4. The van der Waals surface area contributed by atoms with Gasteiger partial charge in [0.1, 0.15) is 0 Å². The predicted octanol–water partition coefficient (Wildman–Crippen LogP) is 0.247. The summed E-state index contributed by atoms with van der Waals surface area (Å²) in [4.78, 5) is 2.37. The number of nitrogens with one attached hydrogen (secondary N) is 2. The van der Waals surface area contributed by atoms with Crippen LogP contribution in [0.25, 0.3) is 0 Å². The van der Waals surface area contributed by atoms with E-state index in [1.807, 2.05) is 13.8 Å². The number of sulfonamides is 1. The third-order valence-corrected chi connectivity index (χ3v) is 4.56. The number of nitrogens with zero attached hydrogens (tertiary/aromatic N) is 1. The van der Waals surface area contributed by atoms with Crippen molar-refractivity contribution in [3.8, 4) is 0 Å². The Labute approximate surface area is 111 Å². The maximum atomic E-state index is 11.7. The largest absolute Gasteiger partial charge is 0.314 e. The Balaban J connectivity index is 2.08. The molecule has 0 aromatic heterocycles. The van der Waals surface area contributed by atoms with Crippen LogP contribution < -0.4 is 10.0 Å². The molecule has 1 aliphatic rings. The maximum Gasteiger partial charge on any atom is 0.211 e. The molecule has 5 nitrogen and oxygen atoms in total. The van der Waals surface area contributed by atoms with Gasteiger partial charge in [-0.2, -0.15) is 0 Å². The molecule has 0 aromatic carbocycles. The first-order valence-electron chi connectivity index (χ1n) is 6.90. The van der Waals surface area contributed by atoms with Crippen LogP contribution in [0.5, 0.6) is 0 Å². The summed E-state index contributed by atoms with van der Waals surface area (Å²) in [5.41, 5.74) is 0. The van der Waals surface area contributed by atoms with E-state index in [1.54, 1.807) is 0 Å². The van der Waals surface area contributed by atoms with Gasteiger partial charge in [0.25, 0.3) is 0 Å². The first kappa shape index (κ1) is 15.9. The molecule has 1 saturated heterocycles. The molecule has 18 heavy (non-hydrogen) atoms. The van der Waals surface area contributed by atoms with Crippen molar-refractivity contribution in [2.75, 3.05) is 45.0 Å². The van der Waals surface area contributed by atoms with Crippen LogP contribution in [-0.2, 0) is 10.0 Å². The van der Waals surface area contributed by atoms with Crippen molar-refractivity contribution in [1.82, 2.24) is 14.9 Å². The lowest BCUT2D eigenvalue weighted by Gasteiger charge is -2.27. The molecule has 1 aliphatic heterocycles. The molecule has 108 valence electrons. The van der Waals surface area contributed by atoms with Gasteiger partial charge >= 0.3 is 0 Å². The predicted molar refractivity (Wildman–Crippen MR) is 75.2 cm³/mol. The molecule has 0 saturated carbocycles. The third kappa shape index (κ3) is 7.31. The summed E-state index contributed by atoms with van der Waals surface area (Å²) in [6.45, 7) is 9.85. The lowest BCUT2D eigenvalue weighted by atomic mass is 10.2. The number of piperazine rings is 1. The van der Waals surface area contributed by atoms with Gasteiger partial charge in [0.05, 0.1) is 5.75 Å². The van der Waals surface area contributed by atoms with Gasteiger partial charge in [-0.15, -0.1) is 0 Å². The van der Waals surface area contributed by atoms with E-state index in [0.29, 0.717) is 12.5 Å². The molecule has 0 unspecified atom stereocenters. The Morgan fingerprint density at radius 2 is 1.94 bits per heavy atom. The molecule has 1 fully saturated rings. The summed E-state index contributed by atoms with van der Waals surface area (Å²) in [5, 5.41) is 3.30. The molecule has 0 radical (unpaired) electrons. The summed E-state index contributed by atoms with van der Waals surface area (Å²) < 4.78 is 26.0. The molecular weight excluding hydrogens is 250 g/mol. The Bertz CT molecular complexity index is 311. The molecule has 0 amide bonds. The van der Waals surface area contributed by atoms with Crippen LogP contribution in [0.2, 0.25) is 0 Å². The highest BCUT2D eigenvalue weighted by Gasteiger charge is 2.12. The summed E-state index contributed by atoms with van der Waals surface area (Å²) in [6.07, 6.45) is 1.62. The average molecular weight is 277 g/mol. The van der Waals surface area contributed by atoms with Gasteiger partial charge in [0.2, 0.25) is 10.0 Å². The lowest BCUT2D eigenvalue weighted by molar-refractivity contribution is 0.239. The highest BCUT2D eigenvalue weighted by molar-refractivity contribution is 7.89. The van der Waals surface area contributed by atoms with Gasteiger partial charge in [0.15, 0.2) is 0 Å². The van der Waals surface area contributed by atoms with Crippen LogP contribution in [0.3, 0.4) is 0 Å². The normalized spacial score (nSPS) is 18.4. The van der Waals surface area contributed by atoms with Gasteiger partial charge in [-0.3, -0.25) is 0 Å². The number of rotatable bonds is 8. The van der Waals surface area contributed by atoms with Crippen molar-refractivity contribution in [2.45, 2.75) is 26.7 Å². The molecule has 0 aliphatic carbocycles. The molecule has 0 aromatic rings. The second-order valence-electron chi connectivity index (χ2n) is 5.34. The molecule has 1 rings (SSSR count). The highest BCUT2D eigenvalue weighted by Crippen LogP contribution is 2.02. The molecular formula is C12H27N3O2S. The first-order chi connectivity index (χ1) is 8.49. The molecule has 0 spiro atoms. The maximum absolute atomic E-state index is 11.7. The Kier molecular flexibility index (Phi) is 7.14. The van der Waals surface area contributed by atoms with E-state index in [-0.39, 0.29) is 5.75 Å². The highest BCUT2D eigenvalue weighted by atomic mass is 32.2. The van der Waals surface area contributed by atoms with Crippen LogP contribution in [0, 0.1) is 5.92 Å². The van der Waals surface area contributed by atoms with Crippen LogP contribution in [0.1, 0.15) is 26.7 Å². The molecule has 0 atom stereocenters. The van der Waals surface area contributed by atoms with Gasteiger partial charge in [-0.05, 0) is 25.3 Å². The monoisotopic (exact) mass is 277 g/mol. The molecule has 2 N–H and O–H groups in total. The SMILES string of the molecule is CC(C)CCS(=O)(=O)NCCCN1CCNCC1. The minimum absolute atomic E-state index is 0.248. The molecule has 1 heterocycles. The number of hydrogen-bond donors (Lipinski definition) is 2. The smallest absolute Gasteiger partial charge is 0.211 e. The van der Waals surface area contributed by atoms with E-state index >= 15 is 0 Å². The van der Waals surface area contributed by atoms with Crippen LogP contribution in [0.4, 0.5) is 0 Å². The minimum Gasteiger partial charge on any atom is -0.314 e. The van der Waals surface area contributed by atoms with Crippen LogP contribution >= 0.6 is 0 Å². The zero-order valence-electron chi connectivity index (χ0n) is 11.6. The van der Waals surface area contributed by atoms with Crippen molar-refractivity contribution in [3.05, 3.63) is 0 Å². The van der Waals surface area contributed by atoms with E-state index in [4.69, 9.17) is 0 Å². The summed E-state index contributed by atoms with van der Waals surface area (Å²) >= 11 is 0. The van der Waals surface area contributed by atoms with E-state index in [0.717, 1.165) is 45.6 Å². The number of hydrogen-bond acceptors (Lipinski definition) is 4. The average Bonchev–Trinajstić information content (AvgIpc) is 2.34. The van der Waals surface area contributed by atoms with E-state index < -0.39 is 10.0 Å². The first-order valence-corrected chi connectivity index (χ1v) is 8.55. The fourth-order valence-electron chi connectivity index (χ4n) is 1.93. The van der Waals surface area contributed by atoms with Crippen molar-refractivity contribution >= 4 is 10.0 Å². The second-order valence-corrected chi connectivity index (χ2v) is 7.27. The van der Waals surface area contributed by atoms with Gasteiger partial charge in [-0.1, -0.05) is 13.8 Å².